The van der Waals surface area contributed by atoms with Gasteiger partial charge in [0.15, 0.2) is 0 Å². The first-order chi connectivity index (χ1) is 8.79. The van der Waals surface area contributed by atoms with Crippen molar-refractivity contribution in [1.29, 1.82) is 0 Å². The van der Waals surface area contributed by atoms with Gasteiger partial charge in [0.1, 0.15) is 0 Å². The molecule has 2 atom stereocenters. The van der Waals surface area contributed by atoms with Crippen LogP contribution in [0.4, 0.5) is 0 Å². The number of hydrogen-bond donors (Lipinski definition) is 2. The molecule has 0 aliphatic carbocycles. The topological polar surface area (TPSA) is 58.4 Å². The molecule has 2 rings (SSSR count). The molecule has 104 valence electrons. The molecule has 0 radical (unpaired) electrons. The van der Waals surface area contributed by atoms with Crippen LogP contribution in [0.25, 0.3) is 0 Å². The maximum absolute atomic E-state index is 11.8. The van der Waals surface area contributed by atoms with Crippen molar-refractivity contribution in [3.63, 3.8) is 0 Å². The molecule has 2 fully saturated rings. The normalized spacial score (nSPS) is 28.1. The Labute approximate surface area is 110 Å². The molecular weight excluding hydrogens is 226 g/mol. The van der Waals surface area contributed by atoms with Crippen LogP contribution in [0.15, 0.2) is 0 Å². The summed E-state index contributed by atoms with van der Waals surface area (Å²) in [6, 6.07) is 1.16. The second-order valence-corrected chi connectivity index (χ2v) is 5.72. The number of nitrogens with two attached hydrogens (primary N) is 1. The number of fused-ring (bicyclic) bond motifs is 1. The predicted molar refractivity (Wildman–Crippen MR) is 73.3 cm³/mol. The van der Waals surface area contributed by atoms with Gasteiger partial charge in [0.2, 0.25) is 5.91 Å². The van der Waals surface area contributed by atoms with E-state index in [2.05, 4.69) is 10.2 Å². The number of carbonyl (C=O) groups is 1. The van der Waals surface area contributed by atoms with Crippen LogP contribution in [-0.4, -0.2) is 42.5 Å². The van der Waals surface area contributed by atoms with Crippen molar-refractivity contribution in [3.8, 4) is 0 Å². The van der Waals surface area contributed by atoms with E-state index in [0.717, 1.165) is 44.7 Å². The number of hydrogen-bond acceptors (Lipinski definition) is 3. The summed E-state index contributed by atoms with van der Waals surface area (Å²) in [5, 5.41) is 3.21. The molecule has 4 nitrogen and oxygen atoms in total. The molecule has 2 aliphatic rings. The molecule has 2 saturated heterocycles. The van der Waals surface area contributed by atoms with Crippen LogP contribution < -0.4 is 11.1 Å². The lowest BCUT2D eigenvalue weighted by Crippen LogP contribution is -2.47. The average molecular weight is 253 g/mol. The SMILES string of the molecule is NCCCCCC(=O)NC1CCN2CCCC2C1. The number of unbranched alkanes of at least 4 members (excludes halogenated alkanes) is 2. The quantitative estimate of drug-likeness (QED) is 0.700. The van der Waals surface area contributed by atoms with Gasteiger partial charge in [-0.1, -0.05) is 6.42 Å². The molecule has 0 aromatic carbocycles. The molecule has 0 aromatic heterocycles. The monoisotopic (exact) mass is 253 g/mol. The molecule has 0 spiro atoms. The van der Waals surface area contributed by atoms with Crippen LogP contribution in [0.5, 0.6) is 0 Å². The Bertz CT molecular complexity index is 270. The molecule has 0 saturated carbocycles. The van der Waals surface area contributed by atoms with Crippen molar-refractivity contribution in [2.75, 3.05) is 19.6 Å². The Balaban J connectivity index is 1.62. The van der Waals surface area contributed by atoms with Crippen molar-refractivity contribution in [1.82, 2.24) is 10.2 Å². The largest absolute Gasteiger partial charge is 0.353 e. The summed E-state index contributed by atoms with van der Waals surface area (Å²) in [5.74, 6) is 0.239. The summed E-state index contributed by atoms with van der Waals surface area (Å²) in [6.07, 6.45) is 8.71. The molecule has 3 N–H and O–H groups in total. The van der Waals surface area contributed by atoms with E-state index in [1.807, 2.05) is 0 Å². The maximum atomic E-state index is 11.8. The van der Waals surface area contributed by atoms with Crippen LogP contribution in [-0.2, 0) is 4.79 Å². The summed E-state index contributed by atoms with van der Waals surface area (Å²) < 4.78 is 0. The van der Waals surface area contributed by atoms with Gasteiger partial charge in [0.25, 0.3) is 0 Å². The molecule has 2 unspecified atom stereocenters. The Hall–Kier alpha value is -0.610. The third-order valence-corrected chi connectivity index (χ3v) is 4.29. The summed E-state index contributed by atoms with van der Waals surface area (Å²) in [6.45, 7) is 3.18. The zero-order valence-electron chi connectivity index (χ0n) is 11.4. The Kier molecular flexibility index (Phi) is 5.45. The summed E-state index contributed by atoms with van der Waals surface area (Å²) >= 11 is 0. The van der Waals surface area contributed by atoms with Crippen molar-refractivity contribution in [3.05, 3.63) is 0 Å². The third-order valence-electron chi connectivity index (χ3n) is 4.29. The molecule has 4 heteroatoms. The van der Waals surface area contributed by atoms with Crippen LogP contribution in [0.2, 0.25) is 0 Å². The highest BCUT2D eigenvalue weighted by molar-refractivity contribution is 5.76. The number of rotatable bonds is 6. The van der Waals surface area contributed by atoms with E-state index >= 15 is 0 Å². The summed E-state index contributed by atoms with van der Waals surface area (Å²) in [7, 11) is 0. The minimum Gasteiger partial charge on any atom is -0.353 e. The van der Waals surface area contributed by atoms with Gasteiger partial charge in [0.05, 0.1) is 0 Å². The fourth-order valence-electron chi connectivity index (χ4n) is 3.26. The van der Waals surface area contributed by atoms with E-state index < -0.39 is 0 Å². The molecule has 1 amide bonds. The van der Waals surface area contributed by atoms with E-state index in [-0.39, 0.29) is 5.91 Å². The van der Waals surface area contributed by atoms with E-state index in [9.17, 15) is 4.79 Å². The van der Waals surface area contributed by atoms with Gasteiger partial charge < -0.3 is 16.0 Å². The van der Waals surface area contributed by atoms with Gasteiger partial charge in [-0.2, -0.15) is 0 Å². The molecule has 0 bridgehead atoms. The predicted octanol–water partition coefficient (Wildman–Crippen LogP) is 1.25. The van der Waals surface area contributed by atoms with Crippen molar-refractivity contribution in [2.45, 2.75) is 63.5 Å². The van der Waals surface area contributed by atoms with Crippen LogP contribution in [0, 0.1) is 0 Å². The Morgan fingerprint density at radius 3 is 2.94 bits per heavy atom. The van der Waals surface area contributed by atoms with E-state index in [1.54, 1.807) is 0 Å². The first-order valence-electron chi connectivity index (χ1n) is 7.53. The highest BCUT2D eigenvalue weighted by Gasteiger charge is 2.31. The summed E-state index contributed by atoms with van der Waals surface area (Å²) in [4.78, 5) is 14.4. The van der Waals surface area contributed by atoms with Gasteiger partial charge in [-0.25, -0.2) is 0 Å². The minimum atomic E-state index is 0.239. The number of piperidine rings is 1. The number of nitrogens with zero attached hydrogens (tertiary/aromatic N) is 1. The van der Waals surface area contributed by atoms with Crippen LogP contribution in [0.1, 0.15) is 51.4 Å². The number of carbonyl (C=O) groups excluding carboxylic acids is 1. The second kappa shape index (κ2) is 7.10. The molecule has 2 aliphatic heterocycles. The van der Waals surface area contributed by atoms with Crippen molar-refractivity contribution >= 4 is 5.91 Å². The standard InChI is InChI=1S/C14H27N3O/c15-8-3-1-2-6-14(18)16-12-7-10-17-9-4-5-13(17)11-12/h12-13H,1-11,15H2,(H,16,18). The van der Waals surface area contributed by atoms with Gasteiger partial charge in [-0.3, -0.25) is 4.79 Å². The molecule has 0 aromatic rings. The van der Waals surface area contributed by atoms with Gasteiger partial charge in [-0.15, -0.1) is 0 Å². The number of amides is 1. The lowest BCUT2D eigenvalue weighted by atomic mass is 9.97. The fourth-order valence-corrected chi connectivity index (χ4v) is 3.26. The van der Waals surface area contributed by atoms with Crippen molar-refractivity contribution < 1.29 is 4.79 Å². The lowest BCUT2D eigenvalue weighted by Gasteiger charge is -2.35. The van der Waals surface area contributed by atoms with Crippen LogP contribution in [0.3, 0.4) is 0 Å². The zero-order chi connectivity index (χ0) is 12.8. The summed E-state index contributed by atoms with van der Waals surface area (Å²) in [5.41, 5.74) is 5.44. The molecule has 2 heterocycles. The molecule has 18 heavy (non-hydrogen) atoms. The van der Waals surface area contributed by atoms with E-state index in [1.165, 1.54) is 25.9 Å². The zero-order valence-corrected chi connectivity index (χ0v) is 11.4. The molecular formula is C14H27N3O. The van der Waals surface area contributed by atoms with E-state index in [0.29, 0.717) is 12.5 Å². The highest BCUT2D eigenvalue weighted by Crippen LogP contribution is 2.26. The Morgan fingerprint density at radius 1 is 1.22 bits per heavy atom. The third kappa shape index (κ3) is 3.95. The smallest absolute Gasteiger partial charge is 0.220 e. The first kappa shape index (κ1) is 13.8. The average Bonchev–Trinajstić information content (AvgIpc) is 2.82. The van der Waals surface area contributed by atoms with E-state index in [4.69, 9.17) is 5.73 Å². The first-order valence-corrected chi connectivity index (χ1v) is 7.53. The van der Waals surface area contributed by atoms with Crippen LogP contribution >= 0.6 is 0 Å². The van der Waals surface area contributed by atoms with Gasteiger partial charge in [-0.05, 0) is 51.6 Å². The fraction of sp³-hybridized carbons (Fsp3) is 0.929. The second-order valence-electron chi connectivity index (χ2n) is 5.72. The van der Waals surface area contributed by atoms with Gasteiger partial charge >= 0.3 is 0 Å². The van der Waals surface area contributed by atoms with Crippen molar-refractivity contribution in [2.24, 2.45) is 5.73 Å². The lowest BCUT2D eigenvalue weighted by molar-refractivity contribution is -0.122. The highest BCUT2D eigenvalue weighted by atomic mass is 16.1. The Morgan fingerprint density at radius 2 is 2.11 bits per heavy atom. The van der Waals surface area contributed by atoms with Gasteiger partial charge in [0, 0.05) is 25.0 Å². The minimum absolute atomic E-state index is 0.239. The maximum Gasteiger partial charge on any atom is 0.220 e. The number of nitrogens with one attached hydrogen (secondary N) is 1.